The van der Waals surface area contributed by atoms with E-state index in [2.05, 4.69) is 34.1 Å². The van der Waals surface area contributed by atoms with Crippen molar-refractivity contribution in [2.45, 2.75) is 6.54 Å². The molecule has 0 atom stereocenters. The molecule has 3 nitrogen and oxygen atoms in total. The quantitative estimate of drug-likeness (QED) is 0.719. The number of hydrogen-bond donors (Lipinski definition) is 0. The van der Waals surface area contributed by atoms with E-state index in [0.717, 1.165) is 45.9 Å². The van der Waals surface area contributed by atoms with E-state index < -0.39 is 0 Å². The summed E-state index contributed by atoms with van der Waals surface area (Å²) in [6.45, 7) is 6.33. The van der Waals surface area contributed by atoms with Gasteiger partial charge in [0.15, 0.2) is 0 Å². The molecule has 0 spiro atoms. The van der Waals surface area contributed by atoms with Gasteiger partial charge in [-0.2, -0.15) is 0 Å². The zero-order valence-electron chi connectivity index (χ0n) is 11.7. The fourth-order valence-corrected chi connectivity index (χ4v) is 2.85. The lowest BCUT2D eigenvalue weighted by atomic mass is 10.1. The minimum absolute atomic E-state index is 0.616. The Morgan fingerprint density at radius 2 is 1.80 bits per heavy atom. The third kappa shape index (κ3) is 4.81. The molecular weight excluding hydrogens is 295 g/mol. The van der Waals surface area contributed by atoms with Gasteiger partial charge in [0.2, 0.25) is 0 Å². The number of benzene rings is 1. The van der Waals surface area contributed by atoms with Gasteiger partial charge in [0.1, 0.15) is 0 Å². The Morgan fingerprint density at radius 1 is 1.10 bits per heavy atom. The number of halogens is 2. The first-order valence-corrected chi connectivity index (χ1v) is 8.16. The van der Waals surface area contributed by atoms with E-state index in [1.54, 1.807) is 0 Å². The summed E-state index contributed by atoms with van der Waals surface area (Å²) >= 11 is 11.7. The van der Waals surface area contributed by atoms with Crippen LogP contribution in [0.15, 0.2) is 24.3 Å². The van der Waals surface area contributed by atoms with Crippen molar-refractivity contribution in [3.8, 4) is 0 Å². The molecule has 0 N–H and O–H groups in total. The lowest BCUT2D eigenvalue weighted by Gasteiger charge is -2.28. The fourth-order valence-electron chi connectivity index (χ4n) is 2.44. The first-order chi connectivity index (χ1) is 9.83. The lowest BCUT2D eigenvalue weighted by molar-refractivity contribution is 0.0342. The zero-order valence-corrected chi connectivity index (χ0v) is 13.2. The normalized spacial score (nSPS) is 16.3. The monoisotopic (exact) mass is 316 g/mol. The van der Waals surface area contributed by atoms with Crippen LogP contribution in [0, 0.1) is 0 Å². The van der Waals surface area contributed by atoms with Gasteiger partial charge in [0.25, 0.3) is 0 Å². The van der Waals surface area contributed by atoms with E-state index in [-0.39, 0.29) is 0 Å². The van der Waals surface area contributed by atoms with E-state index in [1.807, 2.05) is 0 Å². The predicted octanol–water partition coefficient (Wildman–Crippen LogP) is 2.80. The van der Waals surface area contributed by atoms with E-state index in [0.29, 0.717) is 11.8 Å². The molecule has 112 valence electrons. The van der Waals surface area contributed by atoms with Gasteiger partial charge < -0.3 is 9.64 Å². The summed E-state index contributed by atoms with van der Waals surface area (Å²) in [7, 11) is 0. The molecule has 1 aromatic rings. The molecule has 5 heteroatoms. The van der Waals surface area contributed by atoms with Crippen molar-refractivity contribution in [2.24, 2.45) is 0 Å². The van der Waals surface area contributed by atoms with E-state index in [4.69, 9.17) is 27.9 Å². The molecule has 1 fully saturated rings. The topological polar surface area (TPSA) is 15.7 Å². The highest BCUT2D eigenvalue weighted by Crippen LogP contribution is 2.18. The number of anilines is 1. The zero-order chi connectivity index (χ0) is 14.2. The van der Waals surface area contributed by atoms with Crippen molar-refractivity contribution in [1.82, 2.24) is 4.90 Å². The van der Waals surface area contributed by atoms with Crippen LogP contribution >= 0.6 is 23.2 Å². The van der Waals surface area contributed by atoms with Crippen molar-refractivity contribution in [2.75, 3.05) is 56.1 Å². The SMILES string of the molecule is ClCCN(CCCl)c1cccc(CN2CCOCC2)c1. The maximum absolute atomic E-state index is 5.87. The van der Waals surface area contributed by atoms with Crippen LogP contribution in [0.4, 0.5) is 5.69 Å². The minimum atomic E-state index is 0.616. The Balaban J connectivity index is 2.01. The maximum atomic E-state index is 5.87. The van der Waals surface area contributed by atoms with E-state index >= 15 is 0 Å². The van der Waals surface area contributed by atoms with E-state index in [1.165, 1.54) is 11.3 Å². The summed E-state index contributed by atoms with van der Waals surface area (Å²) in [6, 6.07) is 8.66. The van der Waals surface area contributed by atoms with Gasteiger partial charge in [-0.1, -0.05) is 12.1 Å². The largest absolute Gasteiger partial charge is 0.379 e. The number of rotatable bonds is 7. The summed E-state index contributed by atoms with van der Waals surface area (Å²) < 4.78 is 5.38. The average molecular weight is 317 g/mol. The molecule has 1 saturated heterocycles. The van der Waals surface area contributed by atoms with Crippen LogP contribution in [-0.2, 0) is 11.3 Å². The predicted molar refractivity (Wildman–Crippen MR) is 86.2 cm³/mol. The molecule has 1 aliphatic rings. The molecule has 0 aliphatic carbocycles. The minimum Gasteiger partial charge on any atom is -0.379 e. The molecule has 0 amide bonds. The number of hydrogen-bond acceptors (Lipinski definition) is 3. The fraction of sp³-hybridized carbons (Fsp3) is 0.600. The van der Waals surface area contributed by atoms with E-state index in [9.17, 15) is 0 Å². The number of nitrogens with zero attached hydrogens (tertiary/aromatic N) is 2. The van der Waals surface area contributed by atoms with Gasteiger partial charge in [-0.25, -0.2) is 0 Å². The number of ether oxygens (including phenoxy) is 1. The Hall–Kier alpha value is -0.480. The molecule has 0 unspecified atom stereocenters. The summed E-state index contributed by atoms with van der Waals surface area (Å²) in [5.74, 6) is 1.23. The van der Waals surface area contributed by atoms with Crippen molar-refractivity contribution in [1.29, 1.82) is 0 Å². The highest BCUT2D eigenvalue weighted by molar-refractivity contribution is 6.18. The molecule has 0 aromatic heterocycles. The Labute approximate surface area is 131 Å². The Morgan fingerprint density at radius 3 is 2.45 bits per heavy atom. The molecule has 1 heterocycles. The summed E-state index contributed by atoms with van der Waals surface area (Å²) in [6.07, 6.45) is 0. The van der Waals surface area contributed by atoms with Gasteiger partial charge in [0, 0.05) is 50.2 Å². The van der Waals surface area contributed by atoms with Gasteiger partial charge in [-0.05, 0) is 17.7 Å². The van der Waals surface area contributed by atoms with Gasteiger partial charge in [-0.15, -0.1) is 23.2 Å². The third-order valence-electron chi connectivity index (χ3n) is 3.49. The molecule has 0 radical (unpaired) electrons. The first-order valence-electron chi connectivity index (χ1n) is 7.09. The van der Waals surface area contributed by atoms with Crippen molar-refractivity contribution < 1.29 is 4.74 Å². The Bertz CT molecular complexity index is 391. The van der Waals surface area contributed by atoms with Crippen LogP contribution in [0.1, 0.15) is 5.56 Å². The average Bonchev–Trinajstić information content (AvgIpc) is 2.48. The molecule has 1 aliphatic heterocycles. The summed E-state index contributed by atoms with van der Waals surface area (Å²) in [4.78, 5) is 4.67. The van der Waals surface area contributed by atoms with Crippen molar-refractivity contribution >= 4 is 28.9 Å². The van der Waals surface area contributed by atoms with Crippen LogP contribution < -0.4 is 4.90 Å². The first kappa shape index (κ1) is 15.9. The third-order valence-corrected chi connectivity index (χ3v) is 3.83. The number of alkyl halides is 2. The van der Waals surface area contributed by atoms with Gasteiger partial charge in [0.05, 0.1) is 13.2 Å². The second kappa shape index (κ2) is 8.73. The molecule has 0 bridgehead atoms. The Kier molecular flexibility index (Phi) is 6.94. The smallest absolute Gasteiger partial charge is 0.0594 e. The van der Waals surface area contributed by atoms with Crippen molar-refractivity contribution in [3.63, 3.8) is 0 Å². The van der Waals surface area contributed by atoms with Crippen molar-refractivity contribution in [3.05, 3.63) is 29.8 Å². The molecule has 0 saturated carbocycles. The molecular formula is C15H22Cl2N2O. The lowest BCUT2D eigenvalue weighted by Crippen LogP contribution is -2.35. The maximum Gasteiger partial charge on any atom is 0.0594 e. The second-order valence-electron chi connectivity index (χ2n) is 4.92. The van der Waals surface area contributed by atoms with Crippen LogP contribution in [0.25, 0.3) is 0 Å². The highest BCUT2D eigenvalue weighted by atomic mass is 35.5. The van der Waals surface area contributed by atoms with Crippen LogP contribution in [-0.4, -0.2) is 56.1 Å². The van der Waals surface area contributed by atoms with Gasteiger partial charge in [-0.3, -0.25) is 4.90 Å². The van der Waals surface area contributed by atoms with Crippen LogP contribution in [0.3, 0.4) is 0 Å². The summed E-state index contributed by atoms with van der Waals surface area (Å²) in [5.41, 5.74) is 2.54. The van der Waals surface area contributed by atoms with Crippen LogP contribution in [0.2, 0.25) is 0 Å². The summed E-state index contributed by atoms with van der Waals surface area (Å²) in [5, 5.41) is 0. The van der Waals surface area contributed by atoms with Gasteiger partial charge >= 0.3 is 0 Å². The molecule has 2 rings (SSSR count). The molecule has 1 aromatic carbocycles. The highest BCUT2D eigenvalue weighted by Gasteiger charge is 2.12. The second-order valence-corrected chi connectivity index (χ2v) is 5.68. The number of morpholine rings is 1. The molecule has 20 heavy (non-hydrogen) atoms. The standard InChI is InChI=1S/C15H22Cl2N2O/c16-4-6-19(7-5-17)15-3-1-2-14(12-15)13-18-8-10-20-11-9-18/h1-3,12H,4-11,13H2. The van der Waals surface area contributed by atoms with Crippen LogP contribution in [0.5, 0.6) is 0 Å².